The predicted octanol–water partition coefficient (Wildman–Crippen LogP) is 4.09. The highest BCUT2D eigenvalue weighted by Crippen LogP contribution is 2.38. The fourth-order valence-electron chi connectivity index (χ4n) is 4.50. The summed E-state index contributed by atoms with van der Waals surface area (Å²) in [4.78, 5) is 32.2. The summed E-state index contributed by atoms with van der Waals surface area (Å²) in [6.07, 6.45) is 1.71. The first kappa shape index (κ1) is 27.0. The van der Waals surface area contributed by atoms with E-state index in [4.69, 9.17) is 23.7 Å². The Bertz CT molecular complexity index is 1670. The number of carbonyl (C=O) groups excluding carboxylic acids is 1. The summed E-state index contributed by atoms with van der Waals surface area (Å²) in [5.74, 6) is 1.76. The number of allylic oxidation sites excluding steroid dienone is 1. The first-order valence-electron chi connectivity index (χ1n) is 12.3. The van der Waals surface area contributed by atoms with Crippen molar-refractivity contribution in [3.05, 3.63) is 76.9 Å². The van der Waals surface area contributed by atoms with E-state index in [0.717, 1.165) is 10.0 Å². The van der Waals surface area contributed by atoms with Gasteiger partial charge in [0.1, 0.15) is 0 Å². The van der Waals surface area contributed by atoms with Crippen LogP contribution in [-0.4, -0.2) is 37.1 Å². The van der Waals surface area contributed by atoms with E-state index in [9.17, 15) is 9.59 Å². The maximum atomic E-state index is 13.9. The summed E-state index contributed by atoms with van der Waals surface area (Å²) in [5.41, 5.74) is 1.90. The molecule has 0 fully saturated rings. The average molecular weight is 616 g/mol. The lowest BCUT2D eigenvalue weighted by Gasteiger charge is -2.25. The maximum Gasteiger partial charge on any atom is 0.338 e. The van der Waals surface area contributed by atoms with Gasteiger partial charge in [-0.1, -0.05) is 33.3 Å². The Balaban J connectivity index is 1.70. The summed E-state index contributed by atoms with van der Waals surface area (Å²) in [6.45, 7) is 7.67. The standard InChI is InChI=1S/C28H27BrN2O7S/c1-6-35-27(33)24-15(4)30-28-31(25(24)16-7-8-19(38-14(2)3)20(9-16)34-5)26(32)23(39-28)11-17-10-21-22(12-18(17)29)37-13-36-21/h7-12,14,25H,6,13H2,1-5H3/b23-11+/t25-/m1/s1. The summed E-state index contributed by atoms with van der Waals surface area (Å²) in [5, 5.41) is 0. The zero-order chi connectivity index (χ0) is 27.8. The van der Waals surface area contributed by atoms with E-state index in [-0.39, 0.29) is 25.1 Å². The van der Waals surface area contributed by atoms with Gasteiger partial charge in [0.2, 0.25) is 6.79 Å². The lowest BCUT2D eigenvalue weighted by Crippen LogP contribution is -2.40. The third kappa shape index (κ3) is 5.08. The fourth-order valence-corrected chi connectivity index (χ4v) is 5.97. The zero-order valence-electron chi connectivity index (χ0n) is 22.1. The van der Waals surface area contributed by atoms with Crippen molar-refractivity contribution < 1.29 is 28.5 Å². The number of rotatable bonds is 7. The van der Waals surface area contributed by atoms with E-state index in [2.05, 4.69) is 20.9 Å². The van der Waals surface area contributed by atoms with E-state index in [1.165, 1.54) is 15.9 Å². The van der Waals surface area contributed by atoms with Gasteiger partial charge in [0.25, 0.3) is 5.56 Å². The molecular formula is C28H27BrN2O7S. The maximum absolute atomic E-state index is 13.9. The van der Waals surface area contributed by atoms with Crippen LogP contribution in [0.15, 0.2) is 55.9 Å². The molecule has 0 saturated heterocycles. The van der Waals surface area contributed by atoms with Crippen LogP contribution < -0.4 is 33.8 Å². The van der Waals surface area contributed by atoms with Gasteiger partial charge in [-0.2, -0.15) is 0 Å². The number of aromatic nitrogens is 1. The molecule has 2 aromatic carbocycles. The Labute approximate surface area is 237 Å². The van der Waals surface area contributed by atoms with Crippen LogP contribution in [0.4, 0.5) is 0 Å². The van der Waals surface area contributed by atoms with Crippen LogP contribution in [0.3, 0.4) is 0 Å². The second kappa shape index (κ2) is 10.9. The van der Waals surface area contributed by atoms with Gasteiger partial charge < -0.3 is 23.7 Å². The molecule has 0 radical (unpaired) electrons. The molecule has 11 heteroatoms. The molecule has 2 aliphatic heterocycles. The minimum absolute atomic E-state index is 0.0600. The average Bonchev–Trinajstić information content (AvgIpc) is 3.46. The number of esters is 1. The van der Waals surface area contributed by atoms with Crippen LogP contribution in [0.5, 0.6) is 23.0 Å². The van der Waals surface area contributed by atoms with Crippen molar-refractivity contribution in [3.63, 3.8) is 0 Å². The highest BCUT2D eigenvalue weighted by Gasteiger charge is 2.34. The Morgan fingerprint density at radius 2 is 1.97 bits per heavy atom. The lowest BCUT2D eigenvalue weighted by atomic mass is 9.95. The number of thiazole rings is 1. The van der Waals surface area contributed by atoms with Crippen LogP contribution in [0.1, 0.15) is 44.9 Å². The van der Waals surface area contributed by atoms with E-state index >= 15 is 0 Å². The molecule has 0 amide bonds. The molecule has 2 aliphatic rings. The molecule has 1 aromatic heterocycles. The van der Waals surface area contributed by atoms with Gasteiger partial charge in [-0.25, -0.2) is 9.79 Å². The molecule has 0 aliphatic carbocycles. The number of benzene rings is 2. The minimum Gasteiger partial charge on any atom is -0.493 e. The quantitative estimate of drug-likeness (QED) is 0.370. The van der Waals surface area contributed by atoms with E-state index in [0.29, 0.717) is 49.2 Å². The highest BCUT2D eigenvalue weighted by atomic mass is 79.9. The second-order valence-corrected chi connectivity index (χ2v) is 11.0. The monoisotopic (exact) mass is 614 g/mol. The van der Waals surface area contributed by atoms with E-state index in [1.807, 2.05) is 32.0 Å². The molecule has 39 heavy (non-hydrogen) atoms. The van der Waals surface area contributed by atoms with Crippen LogP contribution in [-0.2, 0) is 9.53 Å². The number of hydrogen-bond acceptors (Lipinski definition) is 9. The van der Waals surface area contributed by atoms with Crippen molar-refractivity contribution in [2.75, 3.05) is 20.5 Å². The molecule has 0 saturated carbocycles. The second-order valence-electron chi connectivity index (χ2n) is 9.11. The molecule has 3 heterocycles. The van der Waals surface area contributed by atoms with Gasteiger partial charge in [-0.15, -0.1) is 0 Å². The van der Waals surface area contributed by atoms with Crippen molar-refractivity contribution in [3.8, 4) is 23.0 Å². The zero-order valence-corrected chi connectivity index (χ0v) is 24.5. The number of hydrogen-bond donors (Lipinski definition) is 0. The number of nitrogens with zero attached hydrogens (tertiary/aromatic N) is 2. The minimum atomic E-state index is -0.773. The first-order valence-corrected chi connectivity index (χ1v) is 14.0. The third-order valence-corrected chi connectivity index (χ3v) is 7.83. The smallest absolute Gasteiger partial charge is 0.338 e. The lowest BCUT2D eigenvalue weighted by molar-refractivity contribution is -0.139. The van der Waals surface area contributed by atoms with E-state index in [1.54, 1.807) is 39.2 Å². The van der Waals surface area contributed by atoms with Crippen molar-refractivity contribution in [1.29, 1.82) is 0 Å². The number of fused-ring (bicyclic) bond motifs is 2. The van der Waals surface area contributed by atoms with E-state index < -0.39 is 12.0 Å². The van der Waals surface area contributed by atoms with Gasteiger partial charge in [0, 0.05) is 4.47 Å². The predicted molar refractivity (Wildman–Crippen MR) is 149 cm³/mol. The van der Waals surface area contributed by atoms with Gasteiger partial charge >= 0.3 is 5.97 Å². The van der Waals surface area contributed by atoms with Crippen molar-refractivity contribution in [2.24, 2.45) is 4.99 Å². The van der Waals surface area contributed by atoms with Gasteiger partial charge in [-0.3, -0.25) is 9.36 Å². The fraction of sp³-hybridized carbons (Fsp3) is 0.321. The molecule has 0 spiro atoms. The molecule has 0 unspecified atom stereocenters. The SMILES string of the molecule is CCOC(=O)C1=C(C)N=c2s/c(=C/c3cc4c(cc3Br)OCO4)c(=O)n2[C@@H]1c1ccc(OC(C)C)c(OC)c1. The van der Waals surface area contributed by atoms with Gasteiger partial charge in [0.15, 0.2) is 27.8 Å². The Morgan fingerprint density at radius 3 is 2.67 bits per heavy atom. The Kier molecular flexibility index (Phi) is 7.55. The number of methoxy groups -OCH3 is 1. The van der Waals surface area contributed by atoms with Crippen LogP contribution in [0.2, 0.25) is 0 Å². The van der Waals surface area contributed by atoms with Crippen molar-refractivity contribution >= 4 is 39.3 Å². The highest BCUT2D eigenvalue weighted by molar-refractivity contribution is 9.10. The molecule has 0 bridgehead atoms. The molecule has 204 valence electrons. The van der Waals surface area contributed by atoms with Crippen LogP contribution in [0.25, 0.3) is 6.08 Å². The number of ether oxygens (including phenoxy) is 5. The van der Waals surface area contributed by atoms with Crippen molar-refractivity contribution in [1.82, 2.24) is 4.57 Å². The molecule has 3 aromatic rings. The third-order valence-electron chi connectivity index (χ3n) is 6.16. The van der Waals surface area contributed by atoms with Gasteiger partial charge in [-0.05, 0) is 69.2 Å². The number of halogens is 1. The molecule has 5 rings (SSSR count). The molecule has 1 atom stereocenters. The van der Waals surface area contributed by atoms with Gasteiger partial charge in [0.05, 0.1) is 41.7 Å². The normalized spacial score (nSPS) is 16.3. The molecule has 9 nitrogen and oxygen atoms in total. The summed E-state index contributed by atoms with van der Waals surface area (Å²) < 4.78 is 30.6. The Hall–Kier alpha value is -3.57. The first-order chi connectivity index (χ1) is 18.7. The number of carbonyl (C=O) groups is 1. The van der Waals surface area contributed by atoms with Crippen LogP contribution >= 0.6 is 27.3 Å². The topological polar surface area (TPSA) is 97.6 Å². The molecule has 0 N–H and O–H groups in total. The molecular weight excluding hydrogens is 588 g/mol. The largest absolute Gasteiger partial charge is 0.493 e. The van der Waals surface area contributed by atoms with Crippen molar-refractivity contribution in [2.45, 2.75) is 39.8 Å². The Morgan fingerprint density at radius 1 is 1.23 bits per heavy atom. The summed E-state index contributed by atoms with van der Waals surface area (Å²) in [6, 6.07) is 8.25. The van der Waals surface area contributed by atoms with Crippen LogP contribution in [0, 0.1) is 0 Å². The summed E-state index contributed by atoms with van der Waals surface area (Å²) >= 11 is 4.80. The summed E-state index contributed by atoms with van der Waals surface area (Å²) in [7, 11) is 1.55.